The SMILES string of the molecule is COc1ccc(CNC(C)c2cccc(NC(C)=O)c2)c(OC)c1. The summed E-state index contributed by atoms with van der Waals surface area (Å²) in [6.07, 6.45) is 0. The number of rotatable bonds is 7. The first-order valence-corrected chi connectivity index (χ1v) is 7.85. The molecule has 1 amide bonds. The molecule has 24 heavy (non-hydrogen) atoms. The lowest BCUT2D eigenvalue weighted by Crippen LogP contribution is -2.18. The first-order chi connectivity index (χ1) is 11.5. The Morgan fingerprint density at radius 2 is 1.92 bits per heavy atom. The minimum atomic E-state index is -0.0734. The number of benzene rings is 2. The Hall–Kier alpha value is -2.53. The Labute approximate surface area is 143 Å². The van der Waals surface area contributed by atoms with Crippen LogP contribution in [-0.4, -0.2) is 20.1 Å². The molecule has 5 heteroatoms. The zero-order valence-electron chi connectivity index (χ0n) is 14.6. The van der Waals surface area contributed by atoms with Gasteiger partial charge in [0.15, 0.2) is 0 Å². The molecule has 2 rings (SSSR count). The highest BCUT2D eigenvalue weighted by atomic mass is 16.5. The van der Waals surface area contributed by atoms with E-state index in [1.807, 2.05) is 42.5 Å². The molecule has 0 bridgehead atoms. The molecule has 0 saturated heterocycles. The zero-order valence-corrected chi connectivity index (χ0v) is 14.6. The van der Waals surface area contributed by atoms with Gasteiger partial charge in [0, 0.05) is 36.8 Å². The number of carbonyl (C=O) groups excluding carboxylic acids is 1. The summed E-state index contributed by atoms with van der Waals surface area (Å²) in [5, 5.41) is 6.28. The summed E-state index contributed by atoms with van der Waals surface area (Å²) in [5.41, 5.74) is 2.97. The van der Waals surface area contributed by atoms with Gasteiger partial charge in [-0.15, -0.1) is 0 Å². The summed E-state index contributed by atoms with van der Waals surface area (Å²) in [7, 11) is 3.29. The molecule has 0 aliphatic rings. The first kappa shape index (κ1) is 17.8. The van der Waals surface area contributed by atoms with E-state index in [1.165, 1.54) is 6.92 Å². The fourth-order valence-corrected chi connectivity index (χ4v) is 2.47. The summed E-state index contributed by atoms with van der Waals surface area (Å²) in [6, 6.07) is 13.7. The molecule has 0 saturated carbocycles. The molecular formula is C19H24N2O3. The van der Waals surface area contributed by atoms with Crippen LogP contribution in [0.25, 0.3) is 0 Å². The predicted molar refractivity (Wildman–Crippen MR) is 95.5 cm³/mol. The number of hydrogen-bond acceptors (Lipinski definition) is 4. The molecule has 0 aliphatic heterocycles. The number of ether oxygens (including phenoxy) is 2. The van der Waals surface area contributed by atoms with Gasteiger partial charge in [-0.25, -0.2) is 0 Å². The van der Waals surface area contributed by atoms with E-state index in [1.54, 1.807) is 14.2 Å². The molecule has 0 radical (unpaired) electrons. The van der Waals surface area contributed by atoms with Crippen LogP contribution in [0.3, 0.4) is 0 Å². The highest BCUT2D eigenvalue weighted by Crippen LogP contribution is 2.25. The van der Waals surface area contributed by atoms with Crippen molar-refractivity contribution < 1.29 is 14.3 Å². The van der Waals surface area contributed by atoms with Gasteiger partial charge in [-0.05, 0) is 30.7 Å². The van der Waals surface area contributed by atoms with Crippen LogP contribution in [0, 0.1) is 0 Å². The van der Waals surface area contributed by atoms with Crippen LogP contribution in [0.15, 0.2) is 42.5 Å². The maximum Gasteiger partial charge on any atom is 0.221 e. The van der Waals surface area contributed by atoms with Gasteiger partial charge in [0.2, 0.25) is 5.91 Å². The topological polar surface area (TPSA) is 59.6 Å². The van der Waals surface area contributed by atoms with Crippen LogP contribution in [0.4, 0.5) is 5.69 Å². The number of carbonyl (C=O) groups is 1. The third kappa shape index (κ3) is 4.73. The lowest BCUT2D eigenvalue weighted by atomic mass is 10.1. The van der Waals surface area contributed by atoms with Gasteiger partial charge < -0.3 is 20.1 Å². The van der Waals surface area contributed by atoms with Crippen LogP contribution in [-0.2, 0) is 11.3 Å². The van der Waals surface area contributed by atoms with Crippen molar-refractivity contribution in [1.82, 2.24) is 5.32 Å². The maximum atomic E-state index is 11.2. The predicted octanol–water partition coefficient (Wildman–Crippen LogP) is 3.51. The molecule has 2 aromatic rings. The highest BCUT2D eigenvalue weighted by Gasteiger charge is 2.09. The molecular weight excluding hydrogens is 304 g/mol. The van der Waals surface area contributed by atoms with Crippen molar-refractivity contribution in [2.24, 2.45) is 0 Å². The summed E-state index contributed by atoms with van der Waals surface area (Å²) < 4.78 is 10.6. The maximum absolute atomic E-state index is 11.2. The van der Waals surface area contributed by atoms with Gasteiger partial charge >= 0.3 is 0 Å². The molecule has 2 N–H and O–H groups in total. The molecule has 0 fully saturated rings. The van der Waals surface area contributed by atoms with Gasteiger partial charge in [0.25, 0.3) is 0 Å². The fourth-order valence-electron chi connectivity index (χ4n) is 2.47. The van der Waals surface area contributed by atoms with E-state index in [-0.39, 0.29) is 11.9 Å². The monoisotopic (exact) mass is 328 g/mol. The zero-order chi connectivity index (χ0) is 17.5. The van der Waals surface area contributed by atoms with Crippen LogP contribution >= 0.6 is 0 Å². The molecule has 2 aromatic carbocycles. The van der Waals surface area contributed by atoms with Crippen molar-refractivity contribution in [3.8, 4) is 11.5 Å². The van der Waals surface area contributed by atoms with E-state index in [0.29, 0.717) is 6.54 Å². The molecule has 0 spiro atoms. The number of anilines is 1. The fraction of sp³-hybridized carbons (Fsp3) is 0.316. The van der Waals surface area contributed by atoms with Crippen molar-refractivity contribution in [1.29, 1.82) is 0 Å². The molecule has 1 atom stereocenters. The van der Waals surface area contributed by atoms with E-state index >= 15 is 0 Å². The van der Waals surface area contributed by atoms with E-state index in [4.69, 9.17) is 9.47 Å². The normalized spacial score (nSPS) is 11.7. The Morgan fingerprint density at radius 1 is 1.12 bits per heavy atom. The molecule has 128 valence electrons. The van der Waals surface area contributed by atoms with E-state index in [9.17, 15) is 4.79 Å². The third-order valence-electron chi connectivity index (χ3n) is 3.80. The first-order valence-electron chi connectivity index (χ1n) is 7.85. The molecule has 0 heterocycles. The quantitative estimate of drug-likeness (QED) is 0.816. The Balaban J connectivity index is 2.05. The number of hydrogen-bond donors (Lipinski definition) is 2. The minimum Gasteiger partial charge on any atom is -0.497 e. The number of nitrogens with one attached hydrogen (secondary N) is 2. The average molecular weight is 328 g/mol. The minimum absolute atomic E-state index is 0.0734. The standard InChI is InChI=1S/C19H24N2O3/c1-13(15-6-5-7-17(10-15)21-14(2)22)20-12-16-8-9-18(23-3)11-19(16)24-4/h5-11,13,20H,12H2,1-4H3,(H,21,22). The summed E-state index contributed by atoms with van der Waals surface area (Å²) >= 11 is 0. The molecule has 1 unspecified atom stereocenters. The summed E-state index contributed by atoms with van der Waals surface area (Å²) in [4.78, 5) is 11.2. The summed E-state index contributed by atoms with van der Waals surface area (Å²) in [6.45, 7) is 4.26. The van der Waals surface area contributed by atoms with Gasteiger partial charge in [0.05, 0.1) is 14.2 Å². The second-order valence-electron chi connectivity index (χ2n) is 5.59. The van der Waals surface area contributed by atoms with Crippen LogP contribution in [0.1, 0.15) is 31.0 Å². The van der Waals surface area contributed by atoms with Gasteiger partial charge in [0.1, 0.15) is 11.5 Å². The molecule has 5 nitrogen and oxygen atoms in total. The van der Waals surface area contributed by atoms with E-state index in [0.717, 1.165) is 28.3 Å². The third-order valence-corrected chi connectivity index (χ3v) is 3.80. The van der Waals surface area contributed by atoms with Crippen LogP contribution in [0.5, 0.6) is 11.5 Å². The van der Waals surface area contributed by atoms with Crippen molar-refractivity contribution in [3.05, 3.63) is 53.6 Å². The van der Waals surface area contributed by atoms with Crippen molar-refractivity contribution in [2.75, 3.05) is 19.5 Å². The van der Waals surface area contributed by atoms with Crippen LogP contribution in [0.2, 0.25) is 0 Å². The highest BCUT2D eigenvalue weighted by molar-refractivity contribution is 5.88. The molecule has 0 aliphatic carbocycles. The van der Waals surface area contributed by atoms with Crippen molar-refractivity contribution in [3.63, 3.8) is 0 Å². The largest absolute Gasteiger partial charge is 0.497 e. The number of amides is 1. The second-order valence-corrected chi connectivity index (χ2v) is 5.59. The second kappa shape index (κ2) is 8.36. The van der Waals surface area contributed by atoms with Gasteiger partial charge in [-0.1, -0.05) is 18.2 Å². The average Bonchev–Trinajstić information content (AvgIpc) is 2.59. The van der Waals surface area contributed by atoms with Crippen molar-refractivity contribution in [2.45, 2.75) is 26.4 Å². The van der Waals surface area contributed by atoms with Gasteiger partial charge in [-0.2, -0.15) is 0 Å². The number of methoxy groups -OCH3 is 2. The van der Waals surface area contributed by atoms with Crippen LogP contribution < -0.4 is 20.1 Å². The Morgan fingerprint density at radius 3 is 2.58 bits per heavy atom. The Bertz CT molecular complexity index is 701. The Kier molecular flexibility index (Phi) is 6.21. The van der Waals surface area contributed by atoms with E-state index in [2.05, 4.69) is 17.6 Å². The van der Waals surface area contributed by atoms with Crippen molar-refractivity contribution >= 4 is 11.6 Å². The van der Waals surface area contributed by atoms with E-state index < -0.39 is 0 Å². The smallest absolute Gasteiger partial charge is 0.221 e. The molecule has 0 aromatic heterocycles. The lowest BCUT2D eigenvalue weighted by molar-refractivity contribution is -0.114. The van der Waals surface area contributed by atoms with Gasteiger partial charge in [-0.3, -0.25) is 4.79 Å². The summed E-state index contributed by atoms with van der Waals surface area (Å²) in [5.74, 6) is 1.49. The lowest BCUT2D eigenvalue weighted by Gasteiger charge is -2.17.